The topological polar surface area (TPSA) is 12.0 Å². The first kappa shape index (κ1) is 11.0. The zero-order valence-electron chi connectivity index (χ0n) is 9.35. The standard InChI is InChI=1S/C13H19N/c1-10(2)8-14-9-13-6-11(3)5-12(4)7-13/h5-7,14H,1,8-9H2,2-4H3. The minimum Gasteiger partial charge on any atom is -0.309 e. The van der Waals surface area contributed by atoms with Crippen LogP contribution in [0.25, 0.3) is 0 Å². The van der Waals surface area contributed by atoms with Gasteiger partial charge in [-0.3, -0.25) is 0 Å². The van der Waals surface area contributed by atoms with Gasteiger partial charge < -0.3 is 5.32 Å². The van der Waals surface area contributed by atoms with Crippen LogP contribution in [0.3, 0.4) is 0 Å². The zero-order chi connectivity index (χ0) is 10.6. The molecule has 0 aliphatic heterocycles. The smallest absolute Gasteiger partial charge is 0.0208 e. The molecule has 0 bridgehead atoms. The Hall–Kier alpha value is -1.08. The first-order valence-electron chi connectivity index (χ1n) is 5.00. The van der Waals surface area contributed by atoms with Gasteiger partial charge >= 0.3 is 0 Å². The highest BCUT2D eigenvalue weighted by Crippen LogP contribution is 2.08. The minimum absolute atomic E-state index is 0.896. The maximum atomic E-state index is 3.86. The fourth-order valence-electron chi connectivity index (χ4n) is 1.59. The number of nitrogens with one attached hydrogen (secondary N) is 1. The van der Waals surface area contributed by atoms with E-state index in [-0.39, 0.29) is 0 Å². The molecule has 0 aliphatic rings. The summed E-state index contributed by atoms with van der Waals surface area (Å²) in [6.45, 7) is 12.0. The second kappa shape index (κ2) is 4.97. The van der Waals surface area contributed by atoms with Gasteiger partial charge in [0, 0.05) is 13.1 Å². The van der Waals surface area contributed by atoms with E-state index >= 15 is 0 Å². The fraction of sp³-hybridized carbons (Fsp3) is 0.385. The van der Waals surface area contributed by atoms with Crippen LogP contribution < -0.4 is 5.32 Å². The van der Waals surface area contributed by atoms with Crippen LogP contribution in [0.2, 0.25) is 0 Å². The van der Waals surface area contributed by atoms with Crippen LogP contribution in [0.1, 0.15) is 23.6 Å². The van der Waals surface area contributed by atoms with Crippen molar-refractivity contribution in [3.05, 3.63) is 47.0 Å². The highest BCUT2D eigenvalue weighted by molar-refractivity contribution is 5.28. The predicted octanol–water partition coefficient (Wildman–Crippen LogP) is 2.97. The molecule has 0 saturated carbocycles. The molecule has 0 spiro atoms. The van der Waals surface area contributed by atoms with E-state index in [1.807, 2.05) is 6.92 Å². The molecular weight excluding hydrogens is 170 g/mol. The van der Waals surface area contributed by atoms with E-state index in [2.05, 4.69) is 43.9 Å². The molecule has 0 heterocycles. The second-order valence-corrected chi connectivity index (χ2v) is 4.06. The molecule has 1 aromatic rings. The van der Waals surface area contributed by atoms with Crippen LogP contribution in [0.4, 0.5) is 0 Å². The van der Waals surface area contributed by atoms with Crippen molar-refractivity contribution in [2.75, 3.05) is 6.54 Å². The van der Waals surface area contributed by atoms with Gasteiger partial charge in [0.05, 0.1) is 0 Å². The fourth-order valence-corrected chi connectivity index (χ4v) is 1.59. The Kier molecular flexibility index (Phi) is 3.90. The number of aryl methyl sites for hydroxylation is 2. The molecule has 0 aromatic heterocycles. The Morgan fingerprint density at radius 1 is 1.21 bits per heavy atom. The Balaban J connectivity index is 2.54. The molecule has 14 heavy (non-hydrogen) atoms. The molecule has 0 aliphatic carbocycles. The van der Waals surface area contributed by atoms with E-state index in [9.17, 15) is 0 Å². The summed E-state index contributed by atoms with van der Waals surface area (Å²) in [5, 5.41) is 3.36. The van der Waals surface area contributed by atoms with E-state index < -0.39 is 0 Å². The van der Waals surface area contributed by atoms with Crippen LogP contribution in [-0.2, 0) is 6.54 Å². The summed E-state index contributed by atoms with van der Waals surface area (Å²) in [5.74, 6) is 0. The number of benzene rings is 1. The summed E-state index contributed by atoms with van der Waals surface area (Å²) in [6.07, 6.45) is 0. The SMILES string of the molecule is C=C(C)CNCc1cc(C)cc(C)c1. The lowest BCUT2D eigenvalue weighted by atomic mass is 10.1. The van der Waals surface area contributed by atoms with Gasteiger partial charge in [0.1, 0.15) is 0 Å². The molecule has 1 rings (SSSR count). The second-order valence-electron chi connectivity index (χ2n) is 4.06. The zero-order valence-corrected chi connectivity index (χ0v) is 9.35. The molecular formula is C13H19N. The molecule has 0 saturated heterocycles. The third-order valence-corrected chi connectivity index (χ3v) is 2.04. The maximum absolute atomic E-state index is 3.86. The van der Waals surface area contributed by atoms with Crippen molar-refractivity contribution >= 4 is 0 Å². The molecule has 0 radical (unpaired) electrons. The van der Waals surface area contributed by atoms with Gasteiger partial charge in [0.25, 0.3) is 0 Å². The Labute approximate surface area is 86.8 Å². The summed E-state index contributed by atoms with van der Waals surface area (Å²) >= 11 is 0. The summed E-state index contributed by atoms with van der Waals surface area (Å²) in [4.78, 5) is 0. The lowest BCUT2D eigenvalue weighted by Crippen LogP contribution is -2.15. The maximum Gasteiger partial charge on any atom is 0.0208 e. The third-order valence-electron chi connectivity index (χ3n) is 2.04. The highest BCUT2D eigenvalue weighted by Gasteiger charge is 1.95. The van der Waals surface area contributed by atoms with Crippen LogP contribution in [0.5, 0.6) is 0 Å². The number of rotatable bonds is 4. The van der Waals surface area contributed by atoms with Crippen molar-refractivity contribution in [2.24, 2.45) is 0 Å². The predicted molar refractivity (Wildman–Crippen MR) is 62.4 cm³/mol. The van der Waals surface area contributed by atoms with Gasteiger partial charge in [-0.25, -0.2) is 0 Å². The summed E-state index contributed by atoms with van der Waals surface area (Å²) in [5.41, 5.74) is 5.19. The third kappa shape index (κ3) is 3.75. The minimum atomic E-state index is 0.896. The van der Waals surface area contributed by atoms with Crippen LogP contribution in [-0.4, -0.2) is 6.54 Å². The van der Waals surface area contributed by atoms with Crippen LogP contribution in [0, 0.1) is 13.8 Å². The quantitative estimate of drug-likeness (QED) is 0.718. The highest BCUT2D eigenvalue weighted by atomic mass is 14.8. The van der Waals surface area contributed by atoms with Crippen molar-refractivity contribution < 1.29 is 0 Å². The van der Waals surface area contributed by atoms with Gasteiger partial charge in [-0.05, 0) is 26.3 Å². The summed E-state index contributed by atoms with van der Waals surface area (Å²) in [6, 6.07) is 6.64. The van der Waals surface area contributed by atoms with E-state index in [1.54, 1.807) is 0 Å². The molecule has 0 unspecified atom stereocenters. The largest absolute Gasteiger partial charge is 0.309 e. The van der Waals surface area contributed by atoms with Crippen LogP contribution >= 0.6 is 0 Å². The van der Waals surface area contributed by atoms with Gasteiger partial charge in [0.15, 0.2) is 0 Å². The van der Waals surface area contributed by atoms with E-state index in [1.165, 1.54) is 22.3 Å². The van der Waals surface area contributed by atoms with Crippen molar-refractivity contribution in [2.45, 2.75) is 27.3 Å². The van der Waals surface area contributed by atoms with Gasteiger partial charge in [-0.15, -0.1) is 0 Å². The number of hydrogen-bond acceptors (Lipinski definition) is 1. The molecule has 0 amide bonds. The molecule has 0 fully saturated rings. The monoisotopic (exact) mass is 189 g/mol. The Morgan fingerprint density at radius 2 is 1.79 bits per heavy atom. The summed E-state index contributed by atoms with van der Waals surface area (Å²) in [7, 11) is 0. The van der Waals surface area contributed by atoms with Gasteiger partial charge in [-0.2, -0.15) is 0 Å². The average Bonchev–Trinajstić information content (AvgIpc) is 2.01. The van der Waals surface area contributed by atoms with E-state index in [0.29, 0.717) is 0 Å². The molecule has 1 heteroatoms. The van der Waals surface area contributed by atoms with E-state index in [4.69, 9.17) is 0 Å². The Bertz CT molecular complexity index is 306. The summed E-state index contributed by atoms with van der Waals surface area (Å²) < 4.78 is 0. The molecule has 1 aromatic carbocycles. The van der Waals surface area contributed by atoms with E-state index in [0.717, 1.165) is 13.1 Å². The van der Waals surface area contributed by atoms with Gasteiger partial charge in [-0.1, -0.05) is 41.5 Å². The molecule has 1 nitrogen and oxygen atoms in total. The molecule has 76 valence electrons. The first-order chi connectivity index (χ1) is 6.58. The van der Waals surface area contributed by atoms with Gasteiger partial charge in [0.2, 0.25) is 0 Å². The molecule has 1 N–H and O–H groups in total. The molecule has 0 atom stereocenters. The van der Waals surface area contributed by atoms with Crippen molar-refractivity contribution in [3.8, 4) is 0 Å². The normalized spacial score (nSPS) is 10.2. The van der Waals surface area contributed by atoms with Crippen molar-refractivity contribution in [1.82, 2.24) is 5.32 Å². The number of hydrogen-bond donors (Lipinski definition) is 1. The van der Waals surface area contributed by atoms with Crippen molar-refractivity contribution in [3.63, 3.8) is 0 Å². The van der Waals surface area contributed by atoms with Crippen LogP contribution in [0.15, 0.2) is 30.4 Å². The lowest BCUT2D eigenvalue weighted by molar-refractivity contribution is 0.740. The van der Waals surface area contributed by atoms with Crippen molar-refractivity contribution in [1.29, 1.82) is 0 Å². The average molecular weight is 189 g/mol. The Morgan fingerprint density at radius 3 is 2.29 bits per heavy atom. The first-order valence-corrected chi connectivity index (χ1v) is 5.00. The lowest BCUT2D eigenvalue weighted by Gasteiger charge is -2.06.